The number of rotatable bonds is 8. The van der Waals surface area contributed by atoms with Gasteiger partial charge in [-0.15, -0.1) is 0 Å². The van der Waals surface area contributed by atoms with E-state index >= 15 is 0 Å². The summed E-state index contributed by atoms with van der Waals surface area (Å²) in [6, 6.07) is 6.47. The summed E-state index contributed by atoms with van der Waals surface area (Å²) >= 11 is 0. The van der Waals surface area contributed by atoms with E-state index in [9.17, 15) is 15.0 Å². The fourth-order valence-corrected chi connectivity index (χ4v) is 2.80. The summed E-state index contributed by atoms with van der Waals surface area (Å²) in [5.74, 6) is -0.999. The normalized spacial score (nSPS) is 13.0. The summed E-state index contributed by atoms with van der Waals surface area (Å²) in [4.78, 5) is 11.6. The molecule has 0 aliphatic rings. The van der Waals surface area contributed by atoms with Crippen LogP contribution in [0.1, 0.15) is 58.1 Å². The van der Waals surface area contributed by atoms with Crippen molar-refractivity contribution < 1.29 is 19.4 Å². The number of carboxylic acid groups (broad SMARTS) is 1. The van der Waals surface area contributed by atoms with Crippen LogP contribution in [0.3, 0.4) is 0 Å². The molecular weight excluding hydrogens is 316 g/mol. The Hall–Kier alpha value is -2.49. The zero-order chi connectivity index (χ0) is 18.4. The summed E-state index contributed by atoms with van der Waals surface area (Å²) in [6.07, 6.45) is 7.51. The second-order valence-electron chi connectivity index (χ2n) is 6.71. The number of hydrogen-bond acceptors (Lipinski definition) is 3. The molecule has 4 heteroatoms. The summed E-state index contributed by atoms with van der Waals surface area (Å²) in [5.41, 5.74) is 3.18. The number of hydrogen-bond donors (Lipinski definition) is 2. The number of carboxylic acids is 1. The van der Waals surface area contributed by atoms with Crippen molar-refractivity contribution in [2.24, 2.45) is 0 Å². The number of phenols is 1. The smallest absolute Gasteiger partial charge is 0.314 e. The zero-order valence-electron chi connectivity index (χ0n) is 15.1. The van der Waals surface area contributed by atoms with Gasteiger partial charge in [0, 0.05) is 5.39 Å². The van der Waals surface area contributed by atoms with Gasteiger partial charge in [0.15, 0.2) is 0 Å². The lowest BCUT2D eigenvalue weighted by molar-refractivity contribution is -0.139. The Balaban J connectivity index is 2.03. The molecule has 0 amide bonds. The molecule has 0 spiro atoms. The molecule has 0 radical (unpaired) electrons. The molecule has 25 heavy (non-hydrogen) atoms. The predicted octanol–water partition coefficient (Wildman–Crippen LogP) is 5.78. The predicted molar refractivity (Wildman–Crippen MR) is 99.9 cm³/mol. The lowest BCUT2D eigenvalue weighted by atomic mass is 9.98. The number of furan rings is 1. The van der Waals surface area contributed by atoms with Crippen LogP contribution in [-0.2, 0) is 4.79 Å². The molecule has 0 saturated carbocycles. The molecule has 0 unspecified atom stereocenters. The van der Waals surface area contributed by atoms with Gasteiger partial charge in [-0.05, 0) is 70.7 Å². The van der Waals surface area contributed by atoms with Crippen LogP contribution in [0.2, 0.25) is 0 Å². The van der Waals surface area contributed by atoms with Crippen LogP contribution in [0, 0.1) is 0 Å². The van der Waals surface area contributed by atoms with Crippen molar-refractivity contribution in [2.45, 2.75) is 52.4 Å². The van der Waals surface area contributed by atoms with E-state index in [-0.39, 0.29) is 5.75 Å². The average molecular weight is 342 g/mol. The molecule has 1 aromatic carbocycles. The van der Waals surface area contributed by atoms with Gasteiger partial charge >= 0.3 is 5.97 Å². The standard InChI is InChI=1S/C21H26O4/c1-14(2)6-4-7-15(3)8-5-9-18(21(23)24)20-13-16-12-17(22)10-11-19(16)25-20/h6,8,10-13,18,22H,4-5,7,9H2,1-3H3,(H,23,24)/b15-8+/t18-/m1/s1. The van der Waals surface area contributed by atoms with E-state index in [0.717, 1.165) is 18.2 Å². The molecule has 0 aliphatic carbocycles. The highest BCUT2D eigenvalue weighted by Crippen LogP contribution is 2.30. The minimum absolute atomic E-state index is 0.140. The maximum Gasteiger partial charge on any atom is 0.314 e. The molecule has 0 aliphatic heterocycles. The second kappa shape index (κ2) is 8.56. The van der Waals surface area contributed by atoms with E-state index in [1.54, 1.807) is 18.2 Å². The summed E-state index contributed by atoms with van der Waals surface area (Å²) < 4.78 is 5.67. The molecule has 0 fully saturated rings. The third kappa shape index (κ3) is 5.52. The number of allylic oxidation sites excluding steroid dienone is 4. The van der Waals surface area contributed by atoms with Gasteiger partial charge in [0.2, 0.25) is 0 Å². The monoisotopic (exact) mass is 342 g/mol. The highest BCUT2D eigenvalue weighted by Gasteiger charge is 2.23. The molecular formula is C21H26O4. The minimum Gasteiger partial charge on any atom is -0.508 e. The maximum atomic E-state index is 11.6. The fourth-order valence-electron chi connectivity index (χ4n) is 2.80. The van der Waals surface area contributed by atoms with Gasteiger partial charge in [-0.3, -0.25) is 4.79 Å². The lowest BCUT2D eigenvalue weighted by Gasteiger charge is -2.08. The first-order chi connectivity index (χ1) is 11.9. The molecule has 1 aromatic heterocycles. The Labute approximate surface area is 148 Å². The van der Waals surface area contributed by atoms with E-state index in [2.05, 4.69) is 32.9 Å². The van der Waals surface area contributed by atoms with Gasteiger partial charge in [-0.25, -0.2) is 0 Å². The third-order valence-electron chi connectivity index (χ3n) is 4.20. The molecule has 4 nitrogen and oxygen atoms in total. The van der Waals surface area contributed by atoms with E-state index in [0.29, 0.717) is 24.2 Å². The van der Waals surface area contributed by atoms with Crippen LogP contribution in [0.4, 0.5) is 0 Å². The zero-order valence-corrected chi connectivity index (χ0v) is 15.1. The third-order valence-corrected chi connectivity index (χ3v) is 4.20. The van der Waals surface area contributed by atoms with Gasteiger partial charge in [0.1, 0.15) is 23.0 Å². The first-order valence-corrected chi connectivity index (χ1v) is 8.61. The van der Waals surface area contributed by atoms with E-state index in [1.165, 1.54) is 17.2 Å². The quantitative estimate of drug-likeness (QED) is 0.597. The van der Waals surface area contributed by atoms with E-state index in [1.807, 2.05) is 0 Å². The van der Waals surface area contributed by atoms with Gasteiger partial charge in [0.05, 0.1) is 0 Å². The fraction of sp³-hybridized carbons (Fsp3) is 0.381. The van der Waals surface area contributed by atoms with Crippen molar-refractivity contribution in [3.05, 3.63) is 53.3 Å². The molecule has 2 aromatic rings. The lowest BCUT2D eigenvalue weighted by Crippen LogP contribution is -2.10. The van der Waals surface area contributed by atoms with Crippen LogP contribution in [0.15, 0.2) is 52.0 Å². The molecule has 1 atom stereocenters. The van der Waals surface area contributed by atoms with E-state index < -0.39 is 11.9 Å². The summed E-state index contributed by atoms with van der Waals surface area (Å²) in [7, 11) is 0. The Morgan fingerprint density at radius 2 is 1.92 bits per heavy atom. The van der Waals surface area contributed by atoms with Crippen molar-refractivity contribution in [1.82, 2.24) is 0 Å². The SMILES string of the molecule is CC(C)=CCC/C(C)=C/CC[C@@H](C(=O)O)c1cc2cc(O)ccc2o1. The highest BCUT2D eigenvalue weighted by molar-refractivity contribution is 5.82. The Kier molecular flexibility index (Phi) is 6.45. The Morgan fingerprint density at radius 3 is 2.60 bits per heavy atom. The van der Waals surface area contributed by atoms with Crippen LogP contribution in [-0.4, -0.2) is 16.2 Å². The number of carbonyl (C=O) groups is 1. The molecule has 1 heterocycles. The van der Waals surface area contributed by atoms with Crippen LogP contribution in [0.5, 0.6) is 5.75 Å². The molecule has 2 rings (SSSR count). The van der Waals surface area contributed by atoms with Crippen molar-refractivity contribution in [3.63, 3.8) is 0 Å². The number of fused-ring (bicyclic) bond motifs is 1. The summed E-state index contributed by atoms with van der Waals surface area (Å²) in [6.45, 7) is 6.26. The van der Waals surface area contributed by atoms with Crippen molar-refractivity contribution in [1.29, 1.82) is 0 Å². The van der Waals surface area contributed by atoms with Gasteiger partial charge in [-0.2, -0.15) is 0 Å². The van der Waals surface area contributed by atoms with E-state index in [4.69, 9.17) is 4.42 Å². The number of benzene rings is 1. The number of aromatic hydroxyl groups is 1. The Bertz CT molecular complexity index is 791. The molecule has 0 saturated heterocycles. The van der Waals surface area contributed by atoms with Gasteiger partial charge in [-0.1, -0.05) is 23.3 Å². The highest BCUT2D eigenvalue weighted by atomic mass is 16.4. The number of aliphatic carboxylic acids is 1. The molecule has 0 bridgehead atoms. The maximum absolute atomic E-state index is 11.6. The first-order valence-electron chi connectivity index (χ1n) is 8.61. The molecule has 134 valence electrons. The average Bonchev–Trinajstić information content (AvgIpc) is 2.93. The number of phenolic OH excluding ortho intramolecular Hbond substituents is 1. The van der Waals surface area contributed by atoms with Crippen LogP contribution < -0.4 is 0 Å². The Morgan fingerprint density at radius 1 is 1.16 bits per heavy atom. The van der Waals surface area contributed by atoms with Crippen molar-refractivity contribution in [3.8, 4) is 5.75 Å². The molecule has 2 N–H and O–H groups in total. The topological polar surface area (TPSA) is 70.7 Å². The minimum atomic E-state index is -0.890. The van der Waals surface area contributed by atoms with Gasteiger partial charge in [0.25, 0.3) is 0 Å². The first kappa shape index (κ1) is 18.8. The second-order valence-corrected chi connectivity index (χ2v) is 6.71. The van der Waals surface area contributed by atoms with Gasteiger partial charge < -0.3 is 14.6 Å². The van der Waals surface area contributed by atoms with Crippen LogP contribution >= 0.6 is 0 Å². The summed E-state index contributed by atoms with van der Waals surface area (Å²) in [5, 5.41) is 19.8. The van der Waals surface area contributed by atoms with Crippen molar-refractivity contribution in [2.75, 3.05) is 0 Å². The van der Waals surface area contributed by atoms with Crippen LogP contribution in [0.25, 0.3) is 11.0 Å². The largest absolute Gasteiger partial charge is 0.508 e. The van der Waals surface area contributed by atoms with Crippen molar-refractivity contribution >= 4 is 16.9 Å².